The quantitative estimate of drug-likeness (QED) is 0.833. The lowest BCUT2D eigenvalue weighted by molar-refractivity contribution is 1.05. The second kappa shape index (κ2) is 5.39. The number of hydrogen-bond donors (Lipinski definition) is 1. The molecule has 0 saturated carbocycles. The first kappa shape index (κ1) is 12.2. The molecular weight excluding hydrogens is 242 g/mol. The second-order valence-corrected chi connectivity index (χ2v) is 4.17. The SMILES string of the molecule is Cc1[nH]c(/C=C/c2ccccc2)nc(=S)c1C#N. The summed E-state index contributed by atoms with van der Waals surface area (Å²) in [7, 11) is 0. The van der Waals surface area contributed by atoms with Crippen molar-refractivity contribution in [2.24, 2.45) is 0 Å². The van der Waals surface area contributed by atoms with E-state index in [2.05, 4.69) is 9.97 Å². The molecule has 0 atom stereocenters. The topological polar surface area (TPSA) is 52.5 Å². The van der Waals surface area contributed by atoms with Gasteiger partial charge in [0.25, 0.3) is 0 Å². The summed E-state index contributed by atoms with van der Waals surface area (Å²) in [5.74, 6) is 0.653. The van der Waals surface area contributed by atoms with E-state index < -0.39 is 0 Å². The average molecular weight is 253 g/mol. The lowest BCUT2D eigenvalue weighted by Crippen LogP contribution is -1.96. The highest BCUT2D eigenvalue weighted by Crippen LogP contribution is 2.08. The minimum Gasteiger partial charge on any atom is -0.343 e. The first-order chi connectivity index (χ1) is 8.70. The van der Waals surface area contributed by atoms with Gasteiger partial charge in [-0.15, -0.1) is 0 Å². The maximum absolute atomic E-state index is 8.90. The lowest BCUT2D eigenvalue weighted by Gasteiger charge is -2.00. The molecule has 0 spiro atoms. The summed E-state index contributed by atoms with van der Waals surface area (Å²) >= 11 is 5.07. The summed E-state index contributed by atoms with van der Waals surface area (Å²) in [6, 6.07) is 12.0. The molecule has 4 heteroatoms. The van der Waals surface area contributed by atoms with Crippen LogP contribution in [0.2, 0.25) is 0 Å². The van der Waals surface area contributed by atoms with Crippen molar-refractivity contribution >= 4 is 24.4 Å². The van der Waals surface area contributed by atoms with Gasteiger partial charge in [-0.05, 0) is 18.6 Å². The molecule has 0 aliphatic heterocycles. The van der Waals surface area contributed by atoms with Crippen molar-refractivity contribution in [3.63, 3.8) is 0 Å². The number of nitrogens with zero attached hydrogens (tertiary/aromatic N) is 2. The molecule has 18 heavy (non-hydrogen) atoms. The third kappa shape index (κ3) is 2.70. The van der Waals surface area contributed by atoms with Crippen LogP contribution in [-0.2, 0) is 0 Å². The van der Waals surface area contributed by atoms with E-state index in [1.807, 2.05) is 55.5 Å². The number of rotatable bonds is 2. The van der Waals surface area contributed by atoms with Crippen LogP contribution in [0.1, 0.15) is 22.6 Å². The zero-order valence-corrected chi connectivity index (χ0v) is 10.7. The van der Waals surface area contributed by atoms with Crippen molar-refractivity contribution in [1.29, 1.82) is 5.26 Å². The van der Waals surface area contributed by atoms with E-state index in [4.69, 9.17) is 17.5 Å². The van der Waals surface area contributed by atoms with Crippen LogP contribution >= 0.6 is 12.2 Å². The number of nitriles is 1. The molecule has 0 aliphatic rings. The summed E-state index contributed by atoms with van der Waals surface area (Å²) in [6.45, 7) is 1.82. The summed E-state index contributed by atoms with van der Waals surface area (Å²) < 4.78 is 0.335. The van der Waals surface area contributed by atoms with E-state index in [9.17, 15) is 0 Å². The third-order valence-electron chi connectivity index (χ3n) is 2.47. The van der Waals surface area contributed by atoms with Crippen LogP contribution in [0.3, 0.4) is 0 Å². The Balaban J connectivity index is 2.35. The Bertz CT molecular complexity index is 678. The van der Waals surface area contributed by atoms with Gasteiger partial charge in [0.05, 0.1) is 0 Å². The van der Waals surface area contributed by atoms with Gasteiger partial charge in [0.2, 0.25) is 0 Å². The van der Waals surface area contributed by atoms with Crippen LogP contribution in [0.5, 0.6) is 0 Å². The van der Waals surface area contributed by atoms with Crippen molar-refractivity contribution < 1.29 is 0 Å². The molecule has 0 saturated heterocycles. The summed E-state index contributed by atoms with van der Waals surface area (Å²) in [5.41, 5.74) is 2.26. The van der Waals surface area contributed by atoms with E-state index in [1.54, 1.807) is 0 Å². The number of benzene rings is 1. The average Bonchev–Trinajstić information content (AvgIpc) is 2.37. The fraction of sp³-hybridized carbons (Fsp3) is 0.0714. The van der Waals surface area contributed by atoms with Gasteiger partial charge in [0.1, 0.15) is 22.1 Å². The fourth-order valence-electron chi connectivity index (χ4n) is 1.56. The van der Waals surface area contributed by atoms with Gasteiger partial charge in [-0.25, -0.2) is 4.98 Å². The van der Waals surface area contributed by atoms with Crippen LogP contribution in [-0.4, -0.2) is 9.97 Å². The second-order valence-electron chi connectivity index (χ2n) is 3.78. The van der Waals surface area contributed by atoms with Crippen molar-refractivity contribution in [1.82, 2.24) is 9.97 Å². The predicted molar refractivity (Wildman–Crippen MR) is 74.2 cm³/mol. The molecule has 1 aromatic carbocycles. The minimum atomic E-state index is 0.335. The van der Waals surface area contributed by atoms with Gasteiger partial charge in [-0.2, -0.15) is 5.26 Å². The van der Waals surface area contributed by atoms with E-state index in [0.29, 0.717) is 16.0 Å². The lowest BCUT2D eigenvalue weighted by atomic mass is 10.2. The minimum absolute atomic E-state index is 0.335. The van der Waals surface area contributed by atoms with Crippen LogP contribution in [0, 0.1) is 22.9 Å². The van der Waals surface area contributed by atoms with Gasteiger partial charge < -0.3 is 4.98 Å². The molecule has 1 N–H and O–H groups in total. The van der Waals surface area contributed by atoms with Crippen LogP contribution in [0.4, 0.5) is 0 Å². The largest absolute Gasteiger partial charge is 0.343 e. The standard InChI is InChI=1S/C14H11N3S/c1-10-12(9-15)14(18)17-13(16-10)8-7-11-5-3-2-4-6-11/h2-8H,1H3,(H,16,17,18)/b8-7+. The van der Waals surface area contributed by atoms with Crippen molar-refractivity contribution in [3.05, 3.63) is 57.6 Å². The van der Waals surface area contributed by atoms with E-state index in [1.165, 1.54) is 0 Å². The highest BCUT2D eigenvalue weighted by molar-refractivity contribution is 7.71. The van der Waals surface area contributed by atoms with Crippen LogP contribution < -0.4 is 0 Å². The zero-order chi connectivity index (χ0) is 13.0. The van der Waals surface area contributed by atoms with Gasteiger partial charge in [0, 0.05) is 5.69 Å². The highest BCUT2D eigenvalue weighted by Gasteiger charge is 2.02. The molecule has 0 aliphatic carbocycles. The smallest absolute Gasteiger partial charge is 0.148 e. The Morgan fingerprint density at radius 1 is 1.28 bits per heavy atom. The third-order valence-corrected chi connectivity index (χ3v) is 2.77. The number of hydrogen-bond acceptors (Lipinski definition) is 3. The number of aromatic nitrogens is 2. The molecule has 88 valence electrons. The molecule has 0 unspecified atom stereocenters. The van der Waals surface area contributed by atoms with Crippen molar-refractivity contribution in [2.75, 3.05) is 0 Å². The fourth-order valence-corrected chi connectivity index (χ4v) is 1.86. The van der Waals surface area contributed by atoms with Crippen molar-refractivity contribution in [2.45, 2.75) is 6.92 Å². The Labute approximate surface area is 110 Å². The highest BCUT2D eigenvalue weighted by atomic mass is 32.1. The summed E-state index contributed by atoms with van der Waals surface area (Å²) in [4.78, 5) is 7.22. The summed E-state index contributed by atoms with van der Waals surface area (Å²) in [6.07, 6.45) is 3.79. The molecule has 2 aromatic rings. The first-order valence-electron chi connectivity index (χ1n) is 5.45. The maximum Gasteiger partial charge on any atom is 0.148 e. The van der Waals surface area contributed by atoms with Crippen LogP contribution in [0.25, 0.3) is 12.2 Å². The number of H-pyrrole nitrogens is 1. The van der Waals surface area contributed by atoms with E-state index in [0.717, 1.165) is 11.3 Å². The molecule has 1 aromatic heterocycles. The molecule has 0 fully saturated rings. The van der Waals surface area contributed by atoms with Gasteiger partial charge >= 0.3 is 0 Å². The zero-order valence-electron chi connectivity index (χ0n) is 9.84. The molecule has 0 radical (unpaired) electrons. The number of nitrogens with one attached hydrogen (secondary N) is 1. The van der Waals surface area contributed by atoms with Gasteiger partial charge in [-0.1, -0.05) is 48.6 Å². The number of aryl methyl sites for hydroxylation is 1. The normalized spacial score (nSPS) is 10.4. The molecule has 3 nitrogen and oxygen atoms in total. The maximum atomic E-state index is 8.90. The molecular formula is C14H11N3S. The molecule has 2 rings (SSSR count). The molecule has 1 heterocycles. The Morgan fingerprint density at radius 2 is 2.00 bits per heavy atom. The van der Waals surface area contributed by atoms with Gasteiger partial charge in [-0.3, -0.25) is 0 Å². The van der Waals surface area contributed by atoms with Gasteiger partial charge in [0.15, 0.2) is 0 Å². The Morgan fingerprint density at radius 3 is 2.61 bits per heavy atom. The van der Waals surface area contributed by atoms with Crippen molar-refractivity contribution in [3.8, 4) is 6.07 Å². The Kier molecular flexibility index (Phi) is 3.66. The summed E-state index contributed by atoms with van der Waals surface area (Å²) in [5, 5.41) is 8.90. The Hall–Kier alpha value is -2.25. The molecule has 0 amide bonds. The van der Waals surface area contributed by atoms with E-state index >= 15 is 0 Å². The number of aromatic amines is 1. The first-order valence-corrected chi connectivity index (χ1v) is 5.85. The van der Waals surface area contributed by atoms with Crippen LogP contribution in [0.15, 0.2) is 30.3 Å². The monoisotopic (exact) mass is 253 g/mol. The molecule has 0 bridgehead atoms. The predicted octanol–water partition coefficient (Wildman–Crippen LogP) is 3.49. The van der Waals surface area contributed by atoms with E-state index in [-0.39, 0.29) is 0 Å².